The summed E-state index contributed by atoms with van der Waals surface area (Å²) in [6.07, 6.45) is 56.1. The Morgan fingerprint density at radius 1 is 0.508 bits per heavy atom. The summed E-state index contributed by atoms with van der Waals surface area (Å²) in [5.41, 5.74) is 5.38. The van der Waals surface area contributed by atoms with Gasteiger partial charge in [0, 0.05) is 19.6 Å². The first kappa shape index (κ1) is 57.7. The summed E-state index contributed by atoms with van der Waals surface area (Å²) in [5, 5.41) is 0. The van der Waals surface area contributed by atoms with Gasteiger partial charge in [0.15, 0.2) is 0 Å². The number of ether oxygens (including phenoxy) is 2. The van der Waals surface area contributed by atoms with Gasteiger partial charge in [-0.1, -0.05) is 204 Å². The maximum atomic E-state index is 12.6. The minimum absolute atomic E-state index is 0.0977. The normalized spacial score (nSPS) is 13.6. The van der Waals surface area contributed by atoms with Gasteiger partial charge in [0.1, 0.15) is 6.10 Å². The van der Waals surface area contributed by atoms with Gasteiger partial charge in [-0.25, -0.2) is 4.57 Å². The second-order valence-corrected chi connectivity index (χ2v) is 18.1. The molecule has 0 aromatic heterocycles. The highest BCUT2D eigenvalue weighted by Gasteiger charge is 2.25. The highest BCUT2D eigenvalue weighted by atomic mass is 31.2. The molecule has 0 spiro atoms. The zero-order valence-corrected chi connectivity index (χ0v) is 39.6. The third kappa shape index (κ3) is 47.6. The van der Waals surface area contributed by atoms with Crippen LogP contribution in [-0.4, -0.2) is 49.9 Å². The average Bonchev–Trinajstić information content (AvgIpc) is 3.23. The van der Waals surface area contributed by atoms with Crippen molar-refractivity contribution in [1.82, 2.24) is 0 Å². The molecule has 0 fully saturated rings. The summed E-state index contributed by atoms with van der Waals surface area (Å²) < 4.78 is 33.5. The van der Waals surface area contributed by atoms with E-state index in [4.69, 9.17) is 24.3 Å². The van der Waals surface area contributed by atoms with E-state index in [-0.39, 0.29) is 32.3 Å². The van der Waals surface area contributed by atoms with Crippen LogP contribution in [0.25, 0.3) is 0 Å². The predicted molar refractivity (Wildman–Crippen MR) is 252 cm³/mol. The maximum absolute atomic E-state index is 12.6. The lowest BCUT2D eigenvalue weighted by molar-refractivity contribution is -0.154. The number of phosphoric acid groups is 1. The fourth-order valence-corrected chi connectivity index (χ4v) is 7.83. The van der Waals surface area contributed by atoms with E-state index < -0.39 is 13.9 Å². The SMILES string of the molecule is CCCC/C=C\C/C=C\CCCCCCCC(=O)OC(COCCCCCCCCCCCCCCCC/C=C\CCCCCCCCCC)COP(=O)(O)OCCN. The van der Waals surface area contributed by atoms with Crippen molar-refractivity contribution in [3.63, 3.8) is 0 Å². The molecule has 2 atom stereocenters. The molecule has 2 unspecified atom stereocenters. The molecule has 0 saturated heterocycles. The van der Waals surface area contributed by atoms with Gasteiger partial charge in [0.25, 0.3) is 0 Å². The van der Waals surface area contributed by atoms with Crippen LogP contribution in [0.3, 0.4) is 0 Å². The molecule has 9 heteroatoms. The van der Waals surface area contributed by atoms with Gasteiger partial charge in [-0.3, -0.25) is 13.8 Å². The van der Waals surface area contributed by atoms with Crippen molar-refractivity contribution >= 4 is 13.8 Å². The van der Waals surface area contributed by atoms with E-state index in [1.807, 2.05) is 0 Å². The van der Waals surface area contributed by atoms with Crippen molar-refractivity contribution in [3.05, 3.63) is 36.5 Å². The minimum Gasteiger partial charge on any atom is -0.457 e. The van der Waals surface area contributed by atoms with Gasteiger partial charge < -0.3 is 20.1 Å². The molecule has 0 aromatic carbocycles. The van der Waals surface area contributed by atoms with Gasteiger partial charge in [-0.15, -0.1) is 0 Å². The third-order valence-electron chi connectivity index (χ3n) is 10.8. The largest absolute Gasteiger partial charge is 0.472 e. The number of allylic oxidation sites excluding steroid dienone is 6. The number of rotatable bonds is 48. The van der Waals surface area contributed by atoms with Gasteiger partial charge in [0.05, 0.1) is 19.8 Å². The van der Waals surface area contributed by atoms with Crippen LogP contribution in [-0.2, 0) is 27.9 Å². The average molecular weight is 854 g/mol. The second-order valence-electron chi connectivity index (χ2n) is 16.7. The lowest BCUT2D eigenvalue weighted by Gasteiger charge is -2.20. The Balaban J connectivity index is 3.87. The predicted octanol–water partition coefficient (Wildman–Crippen LogP) is 15.4. The Hall–Kier alpha value is -1.28. The Bertz CT molecular complexity index is 1000. The number of carbonyl (C=O) groups excluding carboxylic acids is 1. The van der Waals surface area contributed by atoms with Crippen molar-refractivity contribution in [1.29, 1.82) is 0 Å². The zero-order chi connectivity index (χ0) is 43.0. The van der Waals surface area contributed by atoms with E-state index in [2.05, 4.69) is 50.3 Å². The molecule has 0 heterocycles. The zero-order valence-electron chi connectivity index (χ0n) is 38.7. The van der Waals surface area contributed by atoms with Gasteiger partial charge in [0.2, 0.25) is 0 Å². The number of hydrogen-bond donors (Lipinski definition) is 2. The van der Waals surface area contributed by atoms with Crippen LogP contribution in [0.2, 0.25) is 0 Å². The topological polar surface area (TPSA) is 117 Å². The standard InChI is InChI=1S/C50H96NO7P/c1-3-5-7-9-11-13-15-17-19-20-21-22-23-24-25-26-27-28-29-30-32-34-36-38-40-42-45-55-47-49(48-57-59(53,54)56-46-44-51)58-50(52)43-41-39-37-35-33-31-18-16-14-12-10-8-6-4-2/h10,12,16,18,20-21,49H,3-9,11,13-15,17,19,22-48,51H2,1-2H3,(H,53,54)/b12-10-,18-16-,21-20-. The number of phosphoric ester groups is 1. The molecule has 0 aromatic rings. The molecule has 8 nitrogen and oxygen atoms in total. The van der Waals surface area contributed by atoms with Gasteiger partial charge in [-0.05, 0) is 64.2 Å². The van der Waals surface area contributed by atoms with E-state index >= 15 is 0 Å². The first-order chi connectivity index (χ1) is 28.9. The fraction of sp³-hybridized carbons (Fsp3) is 0.860. The number of nitrogens with two attached hydrogens (primary N) is 1. The number of esters is 1. The Kier molecular flexibility index (Phi) is 46.7. The quantitative estimate of drug-likeness (QED) is 0.0269. The first-order valence-electron chi connectivity index (χ1n) is 25.0. The monoisotopic (exact) mass is 854 g/mol. The number of carbonyl (C=O) groups is 1. The number of unbranched alkanes of at least 4 members (excludes halogenated alkanes) is 29. The Morgan fingerprint density at radius 3 is 1.39 bits per heavy atom. The molecule has 348 valence electrons. The van der Waals surface area contributed by atoms with Crippen LogP contribution in [0.5, 0.6) is 0 Å². The maximum Gasteiger partial charge on any atom is 0.472 e. The molecule has 0 saturated carbocycles. The molecule has 0 aliphatic carbocycles. The summed E-state index contributed by atoms with van der Waals surface area (Å²) in [6.45, 7) is 4.89. The highest BCUT2D eigenvalue weighted by Crippen LogP contribution is 2.43. The summed E-state index contributed by atoms with van der Waals surface area (Å²) in [7, 11) is -4.28. The van der Waals surface area contributed by atoms with Crippen LogP contribution >= 0.6 is 7.82 Å². The van der Waals surface area contributed by atoms with E-state index in [1.165, 1.54) is 161 Å². The van der Waals surface area contributed by atoms with E-state index in [1.54, 1.807) is 0 Å². The molecule has 0 aliphatic heterocycles. The van der Waals surface area contributed by atoms with Crippen molar-refractivity contribution in [2.75, 3.05) is 33.0 Å². The lowest BCUT2D eigenvalue weighted by atomic mass is 10.0. The van der Waals surface area contributed by atoms with Gasteiger partial charge in [-0.2, -0.15) is 0 Å². The Morgan fingerprint density at radius 2 is 0.915 bits per heavy atom. The van der Waals surface area contributed by atoms with Crippen molar-refractivity contribution in [2.45, 2.75) is 245 Å². The molecule has 3 N–H and O–H groups in total. The lowest BCUT2D eigenvalue weighted by Crippen LogP contribution is -2.28. The first-order valence-corrected chi connectivity index (χ1v) is 26.5. The molecule has 0 bridgehead atoms. The molecular weight excluding hydrogens is 758 g/mol. The van der Waals surface area contributed by atoms with Crippen LogP contribution < -0.4 is 5.73 Å². The summed E-state index contributed by atoms with van der Waals surface area (Å²) in [5.74, 6) is -0.342. The summed E-state index contributed by atoms with van der Waals surface area (Å²) in [6, 6.07) is 0. The van der Waals surface area contributed by atoms with Crippen LogP contribution in [0.1, 0.15) is 239 Å². The van der Waals surface area contributed by atoms with Gasteiger partial charge >= 0.3 is 13.8 Å². The highest BCUT2D eigenvalue weighted by molar-refractivity contribution is 7.47. The van der Waals surface area contributed by atoms with Crippen molar-refractivity contribution in [2.24, 2.45) is 5.73 Å². The van der Waals surface area contributed by atoms with E-state index in [0.717, 1.165) is 57.8 Å². The minimum atomic E-state index is -4.28. The van der Waals surface area contributed by atoms with Crippen LogP contribution in [0.4, 0.5) is 0 Å². The molecular formula is C50H96NO7P. The van der Waals surface area contributed by atoms with E-state index in [0.29, 0.717) is 13.0 Å². The molecule has 0 radical (unpaired) electrons. The molecule has 0 aliphatic rings. The van der Waals surface area contributed by atoms with Crippen molar-refractivity contribution < 1.29 is 32.8 Å². The molecule has 59 heavy (non-hydrogen) atoms. The van der Waals surface area contributed by atoms with Crippen LogP contribution in [0.15, 0.2) is 36.5 Å². The Labute approximate surface area is 365 Å². The third-order valence-corrected chi connectivity index (χ3v) is 11.8. The molecule has 0 amide bonds. The summed E-state index contributed by atoms with van der Waals surface area (Å²) >= 11 is 0. The summed E-state index contributed by atoms with van der Waals surface area (Å²) in [4.78, 5) is 22.5. The smallest absolute Gasteiger partial charge is 0.457 e. The second kappa shape index (κ2) is 47.8. The fourth-order valence-electron chi connectivity index (χ4n) is 7.07. The number of hydrogen-bond acceptors (Lipinski definition) is 7. The van der Waals surface area contributed by atoms with Crippen LogP contribution in [0, 0.1) is 0 Å². The van der Waals surface area contributed by atoms with Crippen molar-refractivity contribution in [3.8, 4) is 0 Å². The molecule has 0 rings (SSSR count). The van der Waals surface area contributed by atoms with E-state index in [9.17, 15) is 14.3 Å².